The van der Waals surface area contributed by atoms with Crippen molar-refractivity contribution in [2.24, 2.45) is 52.0 Å². The molecule has 0 bridgehead atoms. The van der Waals surface area contributed by atoms with Crippen LogP contribution in [0.4, 0.5) is 13.2 Å². The second-order valence-electron chi connectivity index (χ2n) is 12.4. The first-order chi connectivity index (χ1) is 14.3. The predicted molar refractivity (Wildman–Crippen MR) is 123 cm³/mol. The van der Waals surface area contributed by atoms with E-state index in [1.165, 1.54) is 20.8 Å². The smallest absolute Gasteiger partial charge is 0.166 e. The molecule has 0 atom stereocenters. The lowest BCUT2D eigenvalue weighted by atomic mass is 9.83. The van der Waals surface area contributed by atoms with Gasteiger partial charge < -0.3 is 0 Å². The van der Waals surface area contributed by atoms with Crippen molar-refractivity contribution in [2.75, 3.05) is 0 Å². The van der Waals surface area contributed by atoms with E-state index in [9.17, 15) is 13.2 Å². The Bertz CT molecular complexity index is 758. The highest BCUT2D eigenvalue weighted by Gasteiger charge is 2.70. The van der Waals surface area contributed by atoms with Gasteiger partial charge in [0.05, 0.1) is 0 Å². The van der Waals surface area contributed by atoms with Crippen molar-refractivity contribution >= 4 is 0 Å². The summed E-state index contributed by atoms with van der Waals surface area (Å²) in [6.07, 6.45) is -4.04. The minimum atomic E-state index is -4.34. The topological polar surface area (TPSA) is 123 Å². The molecule has 0 aromatic carbocycles. The first-order valence-corrected chi connectivity index (χ1v) is 10.7. The molecule has 0 fully saturated rings. The molecule has 0 aliphatic carbocycles. The molecule has 0 N–H and O–H groups in total. The van der Waals surface area contributed by atoms with E-state index in [0.29, 0.717) is 6.17 Å². The van der Waals surface area contributed by atoms with Gasteiger partial charge in [-0.1, -0.05) is 88.2 Å². The minimum absolute atomic E-state index is 0.0625. The van der Waals surface area contributed by atoms with Crippen molar-refractivity contribution in [3.8, 4) is 0 Å². The molecular formula is C21H40F3N9. The monoisotopic (exact) mass is 475 g/mol. The molecule has 0 spiro atoms. The second-order valence-corrected chi connectivity index (χ2v) is 12.4. The summed E-state index contributed by atoms with van der Waals surface area (Å²) in [5, 5.41) is 25.0. The summed E-state index contributed by atoms with van der Waals surface area (Å²) < 4.78 is 36.6. The molecule has 0 saturated heterocycles. The van der Waals surface area contributed by atoms with E-state index >= 15 is 0 Å². The van der Waals surface area contributed by atoms with Crippen molar-refractivity contribution in [3.63, 3.8) is 0 Å². The third kappa shape index (κ3) is 10.1. The zero-order chi connectivity index (χ0) is 26.7. The van der Waals surface area contributed by atoms with Gasteiger partial charge in [0.1, 0.15) is 0 Å². The Morgan fingerprint density at radius 3 is 1.12 bits per heavy atom. The van der Waals surface area contributed by atoms with Crippen LogP contribution in [0, 0.1) is 16.2 Å². The van der Waals surface area contributed by atoms with Crippen molar-refractivity contribution in [1.82, 2.24) is 0 Å². The van der Waals surface area contributed by atoms with Crippen LogP contribution in [0.3, 0.4) is 0 Å². The Kier molecular flexibility index (Phi) is 9.03. The summed E-state index contributed by atoms with van der Waals surface area (Å²) in [4.78, 5) is 2.63. The Hall–Kier alpha value is -2.10. The second kappa shape index (κ2) is 9.64. The zero-order valence-electron chi connectivity index (χ0n) is 22.2. The minimum Gasteiger partial charge on any atom is -0.166 e. The fourth-order valence-corrected chi connectivity index (χ4v) is 1.78. The van der Waals surface area contributed by atoms with Gasteiger partial charge in [0, 0.05) is 26.7 Å². The van der Waals surface area contributed by atoms with Crippen molar-refractivity contribution < 1.29 is 13.2 Å². The van der Waals surface area contributed by atoms with Gasteiger partial charge in [-0.05, 0) is 12.5 Å². The Balaban J connectivity index is 0.000000422. The van der Waals surface area contributed by atoms with Crippen LogP contribution in [0.15, 0.2) is 35.8 Å². The van der Waals surface area contributed by atoms with Gasteiger partial charge in [-0.25, -0.2) is 0 Å². The lowest BCUT2D eigenvalue weighted by Gasteiger charge is -2.27. The van der Waals surface area contributed by atoms with E-state index in [4.69, 9.17) is 5.53 Å². The summed E-state index contributed by atoms with van der Waals surface area (Å²) in [5.74, 6) is 0. The number of rotatable bonds is 0. The maximum absolute atomic E-state index is 12.2. The van der Waals surface area contributed by atoms with Crippen LogP contribution in [-0.4, -0.2) is 29.2 Å². The molecule has 33 heavy (non-hydrogen) atoms. The first-order valence-electron chi connectivity index (χ1n) is 10.7. The van der Waals surface area contributed by atoms with E-state index in [-0.39, 0.29) is 22.0 Å². The highest BCUT2D eigenvalue weighted by Crippen LogP contribution is 2.55. The molecule has 12 heteroatoms. The molecule has 0 saturated carbocycles. The Labute approximate surface area is 195 Å². The number of hydrogen-bond donors (Lipinski definition) is 0. The van der Waals surface area contributed by atoms with E-state index in [1.807, 2.05) is 27.7 Å². The fourth-order valence-electron chi connectivity index (χ4n) is 1.78. The summed E-state index contributed by atoms with van der Waals surface area (Å²) in [6, 6.07) is 0. The molecule has 0 aromatic rings. The molecule has 0 aromatic heterocycles. The van der Waals surface area contributed by atoms with Gasteiger partial charge in [0.2, 0.25) is 0 Å². The van der Waals surface area contributed by atoms with Crippen LogP contribution in [0.25, 0.3) is 10.4 Å². The highest BCUT2D eigenvalue weighted by molar-refractivity contribution is 5.08. The van der Waals surface area contributed by atoms with Gasteiger partial charge in [0.25, 0.3) is 5.66 Å². The molecule has 3 aliphatic rings. The van der Waals surface area contributed by atoms with Gasteiger partial charge >= 0.3 is 6.18 Å². The van der Waals surface area contributed by atoms with E-state index < -0.39 is 17.3 Å². The maximum atomic E-state index is 12.2. The average Bonchev–Trinajstić information content (AvgIpc) is 3.41. The zero-order valence-corrected chi connectivity index (χ0v) is 22.2. The third-order valence-electron chi connectivity index (χ3n) is 4.91. The lowest BCUT2D eigenvalue weighted by molar-refractivity contribution is -0.186. The van der Waals surface area contributed by atoms with Crippen LogP contribution in [0.1, 0.15) is 90.0 Å². The van der Waals surface area contributed by atoms with Crippen molar-refractivity contribution in [1.29, 1.82) is 0 Å². The largest absolute Gasteiger partial charge is 0.438 e. The molecular weight excluding hydrogens is 435 g/mol. The first kappa shape index (κ1) is 30.9. The summed E-state index contributed by atoms with van der Waals surface area (Å²) in [7, 11) is 0. The maximum Gasteiger partial charge on any atom is 0.438 e. The standard InChI is InChI=1S/C6H9F3N2.C6H12N2.C5H10N2.C4H9N3/c1-4(2,3)5(10-11-5)6(7,8)9;1-5(2,3)6(4)7-8-6;1-5(2,3)4-6-7-4;1-4(2,3)6-7-5/h1-3H3;1-4H3;4H,1-3H3;1-3H3. The van der Waals surface area contributed by atoms with E-state index in [1.54, 1.807) is 0 Å². The molecule has 3 rings (SSSR count). The van der Waals surface area contributed by atoms with Crippen molar-refractivity contribution in [3.05, 3.63) is 10.4 Å². The fraction of sp³-hybridized carbons (Fsp3) is 1.00. The lowest BCUT2D eigenvalue weighted by Crippen LogP contribution is -2.44. The van der Waals surface area contributed by atoms with Crippen LogP contribution >= 0.6 is 0 Å². The molecule has 0 radical (unpaired) electrons. The third-order valence-corrected chi connectivity index (χ3v) is 4.91. The van der Waals surface area contributed by atoms with E-state index in [0.717, 1.165) is 0 Å². The number of halogens is 3. The van der Waals surface area contributed by atoms with E-state index in [2.05, 4.69) is 82.3 Å². The summed E-state index contributed by atoms with van der Waals surface area (Å²) in [5.41, 5.74) is 4.96. The normalized spacial score (nSPS) is 19.5. The van der Waals surface area contributed by atoms with Crippen LogP contribution in [0.2, 0.25) is 0 Å². The van der Waals surface area contributed by atoms with Crippen LogP contribution in [0.5, 0.6) is 0 Å². The van der Waals surface area contributed by atoms with Gasteiger partial charge in [-0.15, -0.1) is 10.2 Å². The molecule has 3 aliphatic heterocycles. The quantitative estimate of drug-likeness (QED) is 0.188. The molecule has 0 amide bonds. The highest BCUT2D eigenvalue weighted by atomic mass is 19.4. The molecule has 9 nitrogen and oxygen atoms in total. The van der Waals surface area contributed by atoms with Crippen LogP contribution < -0.4 is 0 Å². The van der Waals surface area contributed by atoms with Crippen molar-refractivity contribution in [2.45, 2.75) is 119 Å². The Morgan fingerprint density at radius 1 is 0.727 bits per heavy atom. The Morgan fingerprint density at radius 2 is 1.12 bits per heavy atom. The van der Waals surface area contributed by atoms with Crippen LogP contribution in [-0.2, 0) is 0 Å². The number of hydrogen-bond acceptors (Lipinski definition) is 7. The average molecular weight is 476 g/mol. The molecule has 190 valence electrons. The summed E-state index contributed by atoms with van der Waals surface area (Å²) >= 11 is 0. The predicted octanol–water partition coefficient (Wildman–Crippen LogP) is 8.89. The van der Waals surface area contributed by atoms with Gasteiger partial charge in [-0.3, -0.25) is 0 Å². The molecule has 3 heterocycles. The number of azide groups is 1. The molecule has 0 unspecified atom stereocenters. The van der Waals surface area contributed by atoms with Gasteiger partial charge in [-0.2, -0.15) is 33.6 Å². The van der Waals surface area contributed by atoms with Gasteiger partial charge in [0.15, 0.2) is 11.8 Å². The number of nitrogens with zero attached hydrogens (tertiary/aromatic N) is 9. The SMILES string of the molecule is CC(C)(C)C1(C(F)(F)F)N=N1.CC(C)(C)C1(C)N=N1.CC(C)(C)C1N=N1.CC(C)(C)N=[N+]=[N-]. The summed E-state index contributed by atoms with van der Waals surface area (Å²) in [6.45, 7) is 24.9. The number of alkyl halides is 3.